The highest BCUT2D eigenvalue weighted by molar-refractivity contribution is 9.10. The van der Waals surface area contributed by atoms with E-state index in [-0.39, 0.29) is 16.5 Å². The fourth-order valence-electron chi connectivity index (χ4n) is 2.32. The lowest BCUT2D eigenvalue weighted by Crippen LogP contribution is -2.56. The molecule has 0 aliphatic heterocycles. The zero-order valence-electron chi connectivity index (χ0n) is 14.9. The molecule has 0 aliphatic carbocycles. The molecule has 0 fully saturated rings. The monoisotopic (exact) mass is 456 g/mol. The predicted molar refractivity (Wildman–Crippen MR) is 109 cm³/mol. The molecule has 0 saturated heterocycles. The Labute approximate surface area is 171 Å². The number of amides is 2. The van der Waals surface area contributed by atoms with Gasteiger partial charge in [0.05, 0.1) is 16.1 Å². The molecule has 0 aliphatic rings. The van der Waals surface area contributed by atoms with Crippen LogP contribution in [0.25, 0.3) is 0 Å². The van der Waals surface area contributed by atoms with E-state index in [0.717, 1.165) is 10.0 Å². The van der Waals surface area contributed by atoms with E-state index >= 15 is 0 Å². The molecule has 0 saturated carbocycles. The van der Waals surface area contributed by atoms with Crippen molar-refractivity contribution < 1.29 is 9.59 Å². The van der Waals surface area contributed by atoms with Gasteiger partial charge in [-0.2, -0.15) is 0 Å². The maximum absolute atomic E-state index is 13.0. The van der Waals surface area contributed by atoms with Gasteiger partial charge in [0.2, 0.25) is 0 Å². The lowest BCUT2D eigenvalue weighted by Gasteiger charge is -2.35. The fourth-order valence-corrected chi connectivity index (χ4v) is 3.18. The third-order valence-corrected chi connectivity index (χ3v) is 5.17. The van der Waals surface area contributed by atoms with Crippen molar-refractivity contribution in [2.75, 3.05) is 0 Å². The molecule has 26 heavy (non-hydrogen) atoms. The number of nitrogens with zero attached hydrogens (tertiary/aromatic N) is 1. The molecule has 138 valence electrons. The van der Waals surface area contributed by atoms with Gasteiger partial charge < -0.3 is 0 Å². The Bertz CT molecular complexity index is 863. The van der Waals surface area contributed by atoms with E-state index in [1.165, 1.54) is 11.1 Å². The number of hydrogen-bond donors (Lipinski definition) is 1. The minimum Gasteiger partial charge on any atom is -0.267 e. The van der Waals surface area contributed by atoms with Crippen molar-refractivity contribution >= 4 is 50.9 Å². The van der Waals surface area contributed by atoms with E-state index in [9.17, 15) is 9.59 Å². The normalized spacial score (nSPS) is 11.2. The van der Waals surface area contributed by atoms with Crippen molar-refractivity contribution in [3.63, 3.8) is 0 Å². The van der Waals surface area contributed by atoms with Gasteiger partial charge in [-0.05, 0) is 63.6 Å². The van der Waals surface area contributed by atoms with Crippen LogP contribution in [0, 0.1) is 6.92 Å². The SMILES string of the molecule is Cc1c(Br)cccc1C(=O)NN(C(=O)c1ccc(Cl)cc1Cl)C(C)(C)C. The summed E-state index contributed by atoms with van der Waals surface area (Å²) in [7, 11) is 0. The van der Waals surface area contributed by atoms with Crippen LogP contribution in [0.1, 0.15) is 47.1 Å². The summed E-state index contributed by atoms with van der Waals surface area (Å²) in [6.45, 7) is 7.30. The largest absolute Gasteiger partial charge is 0.274 e. The average molecular weight is 458 g/mol. The Hall–Kier alpha value is -1.56. The van der Waals surface area contributed by atoms with Crippen LogP contribution < -0.4 is 5.43 Å². The molecule has 2 amide bonds. The maximum atomic E-state index is 13.0. The predicted octanol–water partition coefficient (Wildman–Crippen LogP) is 5.65. The van der Waals surface area contributed by atoms with Crippen LogP contribution in [0.4, 0.5) is 0 Å². The van der Waals surface area contributed by atoms with Crippen LogP contribution in [0.5, 0.6) is 0 Å². The standard InChI is InChI=1S/C19H19BrCl2N2O2/c1-11-13(6-5-7-15(11)20)17(25)23-24(19(2,3)4)18(26)14-9-8-12(21)10-16(14)22/h5-10H,1-4H3,(H,23,25). The lowest BCUT2D eigenvalue weighted by molar-refractivity contribution is 0.0358. The summed E-state index contributed by atoms with van der Waals surface area (Å²) in [6, 6.07) is 9.95. The van der Waals surface area contributed by atoms with E-state index in [0.29, 0.717) is 10.6 Å². The molecule has 0 bridgehead atoms. The summed E-state index contributed by atoms with van der Waals surface area (Å²) in [5.41, 5.74) is 3.57. The molecule has 0 spiro atoms. The Kier molecular flexibility index (Phi) is 6.37. The molecule has 0 unspecified atom stereocenters. The minimum atomic E-state index is -0.671. The Morgan fingerprint density at radius 1 is 1.08 bits per heavy atom. The summed E-state index contributed by atoms with van der Waals surface area (Å²) in [6.07, 6.45) is 0. The van der Waals surface area contributed by atoms with E-state index < -0.39 is 11.4 Å². The smallest absolute Gasteiger partial charge is 0.267 e. The first-order valence-electron chi connectivity index (χ1n) is 7.88. The summed E-state index contributed by atoms with van der Waals surface area (Å²) < 4.78 is 0.819. The van der Waals surface area contributed by atoms with Gasteiger partial charge in [0.15, 0.2) is 0 Å². The summed E-state index contributed by atoms with van der Waals surface area (Å²) in [4.78, 5) is 25.8. The Morgan fingerprint density at radius 2 is 1.73 bits per heavy atom. The number of hydrazine groups is 1. The first-order valence-corrected chi connectivity index (χ1v) is 9.43. The van der Waals surface area contributed by atoms with Crippen LogP contribution in [-0.2, 0) is 0 Å². The van der Waals surface area contributed by atoms with E-state index in [4.69, 9.17) is 23.2 Å². The quantitative estimate of drug-likeness (QED) is 0.592. The Morgan fingerprint density at radius 3 is 2.31 bits per heavy atom. The molecular formula is C19H19BrCl2N2O2. The molecule has 0 radical (unpaired) electrons. The van der Waals surface area contributed by atoms with Gasteiger partial charge in [0.25, 0.3) is 11.8 Å². The average Bonchev–Trinajstić information content (AvgIpc) is 2.53. The van der Waals surface area contributed by atoms with E-state index in [1.807, 2.05) is 33.8 Å². The highest BCUT2D eigenvalue weighted by Gasteiger charge is 2.31. The van der Waals surface area contributed by atoms with Gasteiger partial charge in [-0.25, -0.2) is 5.01 Å². The molecule has 0 heterocycles. The van der Waals surface area contributed by atoms with Crippen LogP contribution in [-0.4, -0.2) is 22.4 Å². The molecular weight excluding hydrogens is 439 g/mol. The van der Waals surface area contributed by atoms with Crippen molar-refractivity contribution in [3.05, 3.63) is 67.6 Å². The van der Waals surface area contributed by atoms with E-state index in [2.05, 4.69) is 21.4 Å². The van der Waals surface area contributed by atoms with Gasteiger partial charge in [0.1, 0.15) is 0 Å². The maximum Gasteiger partial charge on any atom is 0.274 e. The second-order valence-corrected chi connectivity index (χ2v) is 8.49. The molecule has 2 aromatic rings. The van der Waals surface area contributed by atoms with E-state index in [1.54, 1.807) is 24.3 Å². The molecule has 2 aromatic carbocycles. The summed E-state index contributed by atoms with van der Waals surface area (Å²) >= 11 is 15.5. The van der Waals surface area contributed by atoms with Gasteiger partial charge in [-0.3, -0.25) is 15.0 Å². The van der Waals surface area contributed by atoms with Crippen LogP contribution in [0.2, 0.25) is 10.0 Å². The van der Waals surface area contributed by atoms with Crippen molar-refractivity contribution in [3.8, 4) is 0 Å². The third kappa shape index (κ3) is 4.58. The highest BCUT2D eigenvalue weighted by Crippen LogP contribution is 2.25. The first-order chi connectivity index (χ1) is 12.0. The summed E-state index contributed by atoms with van der Waals surface area (Å²) in [5.74, 6) is -0.794. The van der Waals surface area contributed by atoms with Gasteiger partial charge in [-0.15, -0.1) is 0 Å². The number of rotatable bonds is 2. The molecule has 0 atom stereocenters. The molecule has 4 nitrogen and oxygen atoms in total. The number of carbonyl (C=O) groups is 2. The van der Waals surface area contributed by atoms with Crippen molar-refractivity contribution in [1.82, 2.24) is 10.4 Å². The third-order valence-electron chi connectivity index (χ3n) is 3.76. The topological polar surface area (TPSA) is 49.4 Å². The number of halogens is 3. The summed E-state index contributed by atoms with van der Waals surface area (Å²) in [5, 5.41) is 1.94. The van der Waals surface area contributed by atoms with Crippen molar-refractivity contribution in [1.29, 1.82) is 0 Å². The second-order valence-electron chi connectivity index (χ2n) is 6.79. The highest BCUT2D eigenvalue weighted by atomic mass is 79.9. The zero-order valence-corrected chi connectivity index (χ0v) is 18.0. The second kappa shape index (κ2) is 7.99. The minimum absolute atomic E-state index is 0.227. The van der Waals surface area contributed by atoms with Gasteiger partial charge in [0, 0.05) is 15.1 Å². The molecule has 2 rings (SSSR count). The number of nitrogens with one attached hydrogen (secondary N) is 1. The van der Waals surface area contributed by atoms with Crippen LogP contribution >= 0.6 is 39.1 Å². The van der Waals surface area contributed by atoms with Crippen LogP contribution in [0.15, 0.2) is 40.9 Å². The first kappa shape index (κ1) is 20.7. The zero-order chi connectivity index (χ0) is 19.6. The fraction of sp³-hybridized carbons (Fsp3) is 0.263. The molecule has 0 aromatic heterocycles. The van der Waals surface area contributed by atoms with Gasteiger partial charge >= 0.3 is 0 Å². The molecule has 1 N–H and O–H groups in total. The number of hydrogen-bond acceptors (Lipinski definition) is 2. The van der Waals surface area contributed by atoms with Crippen LogP contribution in [0.3, 0.4) is 0 Å². The molecule has 7 heteroatoms. The number of carbonyl (C=O) groups excluding carboxylic acids is 2. The Balaban J connectivity index is 2.38. The van der Waals surface area contributed by atoms with Gasteiger partial charge in [-0.1, -0.05) is 45.2 Å². The lowest BCUT2D eigenvalue weighted by atomic mass is 10.1. The number of benzene rings is 2. The van der Waals surface area contributed by atoms with Crippen molar-refractivity contribution in [2.45, 2.75) is 33.2 Å². The van der Waals surface area contributed by atoms with Crippen molar-refractivity contribution in [2.24, 2.45) is 0 Å².